The van der Waals surface area contributed by atoms with Crippen molar-refractivity contribution in [2.24, 2.45) is 0 Å². The standard InChI is InChI=1S/C21H21N3O3.ClH/c1-12(2)27-21(26)18-11-22-20-17(10-5-13(3)23-20)19(18)24-16-8-6-15(7-9-16)14(4)25;/h5-12H,1-4H3,(H,22,23,24);1H. The van der Waals surface area contributed by atoms with E-state index in [2.05, 4.69) is 15.3 Å². The molecule has 3 aromatic rings. The normalized spacial score (nSPS) is 10.5. The van der Waals surface area contributed by atoms with E-state index in [-0.39, 0.29) is 24.3 Å². The molecule has 6 nitrogen and oxygen atoms in total. The predicted octanol–water partition coefficient (Wildman–Crippen LogP) is 4.87. The molecular weight excluding hydrogens is 378 g/mol. The van der Waals surface area contributed by atoms with E-state index >= 15 is 0 Å². The lowest BCUT2D eigenvalue weighted by atomic mass is 10.1. The third kappa shape index (κ3) is 4.64. The second kappa shape index (κ2) is 8.80. The van der Waals surface area contributed by atoms with Gasteiger partial charge >= 0.3 is 5.97 Å². The second-order valence-corrected chi connectivity index (χ2v) is 6.58. The van der Waals surface area contributed by atoms with Crippen molar-refractivity contribution in [3.05, 3.63) is 59.4 Å². The zero-order valence-corrected chi connectivity index (χ0v) is 17.0. The zero-order chi connectivity index (χ0) is 19.6. The van der Waals surface area contributed by atoms with Crippen molar-refractivity contribution < 1.29 is 14.3 Å². The molecule has 0 unspecified atom stereocenters. The Bertz CT molecular complexity index is 1020. The van der Waals surface area contributed by atoms with Crippen LogP contribution in [0.5, 0.6) is 0 Å². The van der Waals surface area contributed by atoms with Gasteiger partial charge in [0.05, 0.1) is 11.8 Å². The number of aryl methyl sites for hydroxylation is 1. The van der Waals surface area contributed by atoms with Gasteiger partial charge in [0.2, 0.25) is 0 Å². The first-order valence-corrected chi connectivity index (χ1v) is 8.70. The molecule has 0 aliphatic rings. The van der Waals surface area contributed by atoms with E-state index in [4.69, 9.17) is 4.74 Å². The van der Waals surface area contributed by atoms with E-state index in [1.165, 1.54) is 13.1 Å². The second-order valence-electron chi connectivity index (χ2n) is 6.58. The summed E-state index contributed by atoms with van der Waals surface area (Å²) >= 11 is 0. The SMILES string of the molecule is CC(=O)c1ccc(Nc2c(C(=O)OC(C)C)cnc3nc(C)ccc23)cc1.Cl. The number of carbonyl (C=O) groups is 2. The summed E-state index contributed by atoms with van der Waals surface area (Å²) in [5.74, 6) is -0.459. The van der Waals surface area contributed by atoms with E-state index in [9.17, 15) is 9.59 Å². The topological polar surface area (TPSA) is 81.2 Å². The Morgan fingerprint density at radius 1 is 1.07 bits per heavy atom. The summed E-state index contributed by atoms with van der Waals surface area (Å²) in [5, 5.41) is 3.98. The van der Waals surface area contributed by atoms with Crippen molar-refractivity contribution in [2.75, 3.05) is 5.32 Å². The average molecular weight is 400 g/mol. The Morgan fingerprint density at radius 3 is 2.36 bits per heavy atom. The number of pyridine rings is 2. The Balaban J connectivity index is 0.00000280. The minimum atomic E-state index is -0.456. The number of aromatic nitrogens is 2. The van der Waals surface area contributed by atoms with Crippen LogP contribution in [0.25, 0.3) is 11.0 Å². The largest absolute Gasteiger partial charge is 0.459 e. The Hall–Kier alpha value is -2.99. The highest BCUT2D eigenvalue weighted by atomic mass is 35.5. The molecule has 0 saturated heterocycles. The van der Waals surface area contributed by atoms with Crippen molar-refractivity contribution in [2.45, 2.75) is 33.8 Å². The Labute approximate surface area is 169 Å². The van der Waals surface area contributed by atoms with Gasteiger partial charge in [-0.1, -0.05) is 0 Å². The summed E-state index contributed by atoms with van der Waals surface area (Å²) in [6.07, 6.45) is 1.23. The number of fused-ring (bicyclic) bond motifs is 1. The van der Waals surface area contributed by atoms with Crippen LogP contribution < -0.4 is 5.32 Å². The van der Waals surface area contributed by atoms with Crippen LogP contribution in [-0.2, 0) is 4.74 Å². The molecule has 0 amide bonds. The van der Waals surface area contributed by atoms with Crippen LogP contribution in [0, 0.1) is 6.92 Å². The van der Waals surface area contributed by atoms with Gasteiger partial charge in [-0.15, -0.1) is 12.4 Å². The number of benzene rings is 1. The number of anilines is 2. The third-order valence-electron chi connectivity index (χ3n) is 3.99. The van der Waals surface area contributed by atoms with Crippen LogP contribution in [0.3, 0.4) is 0 Å². The summed E-state index contributed by atoms with van der Waals surface area (Å²) in [5.41, 5.74) is 3.65. The number of hydrogen-bond donors (Lipinski definition) is 1. The maximum absolute atomic E-state index is 12.6. The van der Waals surface area contributed by atoms with Gasteiger partial charge in [-0.05, 0) is 64.1 Å². The Kier molecular flexibility index (Phi) is 6.70. The van der Waals surface area contributed by atoms with Crippen LogP contribution >= 0.6 is 12.4 Å². The maximum atomic E-state index is 12.6. The number of rotatable bonds is 5. The van der Waals surface area contributed by atoms with E-state index in [1.54, 1.807) is 38.1 Å². The van der Waals surface area contributed by atoms with Crippen molar-refractivity contribution in [3.63, 3.8) is 0 Å². The lowest BCUT2D eigenvalue weighted by Gasteiger charge is -2.15. The van der Waals surface area contributed by atoms with Gasteiger partial charge in [-0.2, -0.15) is 0 Å². The molecule has 0 bridgehead atoms. The van der Waals surface area contributed by atoms with E-state index in [0.29, 0.717) is 22.5 Å². The molecule has 0 aliphatic heterocycles. The highest BCUT2D eigenvalue weighted by Gasteiger charge is 2.19. The van der Waals surface area contributed by atoms with Crippen molar-refractivity contribution in [1.82, 2.24) is 9.97 Å². The third-order valence-corrected chi connectivity index (χ3v) is 3.99. The number of ketones is 1. The van der Waals surface area contributed by atoms with Gasteiger partial charge in [0.1, 0.15) is 5.56 Å². The molecule has 0 fully saturated rings. The number of Topliss-reactive ketones (excluding diaryl/α,β-unsaturated/α-hetero) is 1. The molecule has 7 heteroatoms. The van der Waals surface area contributed by atoms with Crippen molar-refractivity contribution in [1.29, 1.82) is 0 Å². The minimum absolute atomic E-state index is 0. The lowest BCUT2D eigenvalue weighted by Crippen LogP contribution is -2.14. The number of ether oxygens (including phenoxy) is 1. The number of halogens is 1. The number of hydrogen-bond acceptors (Lipinski definition) is 6. The monoisotopic (exact) mass is 399 g/mol. The lowest BCUT2D eigenvalue weighted by molar-refractivity contribution is 0.0378. The van der Waals surface area contributed by atoms with Gasteiger partial charge in [0, 0.05) is 28.5 Å². The zero-order valence-electron chi connectivity index (χ0n) is 16.1. The molecule has 0 spiro atoms. The summed E-state index contributed by atoms with van der Waals surface area (Å²) in [6.45, 7) is 7.00. The molecule has 0 radical (unpaired) electrons. The molecular formula is C21H22ClN3O3. The smallest absolute Gasteiger partial charge is 0.342 e. The summed E-state index contributed by atoms with van der Waals surface area (Å²) in [6, 6.07) is 10.8. The summed E-state index contributed by atoms with van der Waals surface area (Å²) in [7, 11) is 0. The van der Waals surface area contributed by atoms with E-state index in [1.807, 2.05) is 19.1 Å². The number of carbonyl (C=O) groups excluding carboxylic acids is 2. The van der Waals surface area contributed by atoms with Crippen LogP contribution in [0.15, 0.2) is 42.6 Å². The fourth-order valence-corrected chi connectivity index (χ4v) is 2.67. The van der Waals surface area contributed by atoms with Gasteiger partial charge in [-0.3, -0.25) is 4.79 Å². The molecule has 1 N–H and O–H groups in total. The number of nitrogens with one attached hydrogen (secondary N) is 1. The molecule has 0 saturated carbocycles. The minimum Gasteiger partial charge on any atom is -0.459 e. The first-order chi connectivity index (χ1) is 12.8. The highest BCUT2D eigenvalue weighted by Crippen LogP contribution is 2.29. The molecule has 28 heavy (non-hydrogen) atoms. The fraction of sp³-hybridized carbons (Fsp3) is 0.238. The fourth-order valence-electron chi connectivity index (χ4n) is 2.67. The van der Waals surface area contributed by atoms with Crippen molar-refractivity contribution >= 4 is 46.6 Å². The molecule has 0 atom stereocenters. The van der Waals surface area contributed by atoms with Crippen LogP contribution in [-0.4, -0.2) is 27.8 Å². The van der Waals surface area contributed by atoms with Crippen LogP contribution in [0.4, 0.5) is 11.4 Å². The van der Waals surface area contributed by atoms with Gasteiger partial charge in [-0.25, -0.2) is 14.8 Å². The quantitative estimate of drug-likeness (QED) is 0.486. The van der Waals surface area contributed by atoms with Gasteiger partial charge in [0.25, 0.3) is 0 Å². The van der Waals surface area contributed by atoms with Crippen LogP contribution in [0.1, 0.15) is 47.2 Å². The van der Waals surface area contributed by atoms with Crippen LogP contribution in [0.2, 0.25) is 0 Å². The van der Waals surface area contributed by atoms with Gasteiger partial charge in [0.15, 0.2) is 11.4 Å². The molecule has 146 valence electrons. The number of nitrogens with zero attached hydrogens (tertiary/aromatic N) is 2. The molecule has 0 aliphatic carbocycles. The molecule has 3 rings (SSSR count). The first kappa shape index (κ1) is 21.3. The predicted molar refractivity (Wildman–Crippen MR) is 112 cm³/mol. The molecule has 2 aromatic heterocycles. The van der Waals surface area contributed by atoms with Gasteiger partial charge < -0.3 is 10.1 Å². The highest BCUT2D eigenvalue weighted by molar-refractivity contribution is 6.05. The van der Waals surface area contributed by atoms with Crippen molar-refractivity contribution in [3.8, 4) is 0 Å². The van der Waals surface area contributed by atoms with E-state index in [0.717, 1.165) is 16.8 Å². The molecule has 2 heterocycles. The summed E-state index contributed by atoms with van der Waals surface area (Å²) < 4.78 is 5.35. The van der Waals surface area contributed by atoms with E-state index < -0.39 is 5.97 Å². The first-order valence-electron chi connectivity index (χ1n) is 8.70. The maximum Gasteiger partial charge on any atom is 0.342 e. The Morgan fingerprint density at radius 2 is 1.75 bits per heavy atom. The summed E-state index contributed by atoms with van der Waals surface area (Å²) in [4.78, 5) is 32.8. The average Bonchev–Trinajstić information content (AvgIpc) is 2.61. The molecule has 1 aromatic carbocycles. The number of esters is 1.